The molecule has 0 atom stereocenters. The van der Waals surface area contributed by atoms with Crippen LogP contribution < -0.4 is 0 Å². The smallest absolute Gasteiger partial charge is 0.124 e. The molecule has 0 aliphatic carbocycles. The Kier molecular flexibility index (Phi) is 4.68. The van der Waals surface area contributed by atoms with E-state index in [0.717, 1.165) is 16.3 Å². The average molecular weight is 356 g/mol. The van der Waals surface area contributed by atoms with E-state index in [1.165, 1.54) is 21.6 Å². The molecule has 0 bridgehead atoms. The fraction of sp³-hybridized carbons (Fsp3) is 0.125. The molecule has 26 heavy (non-hydrogen) atoms. The zero-order chi connectivity index (χ0) is 17.9. The van der Waals surface area contributed by atoms with E-state index < -0.39 is 0 Å². The molecule has 1 nitrogen and oxygen atoms in total. The third-order valence-electron chi connectivity index (χ3n) is 4.53. The van der Waals surface area contributed by atoms with Crippen LogP contribution in [0.1, 0.15) is 25.3 Å². The molecule has 0 aliphatic heterocycles. The van der Waals surface area contributed by atoms with E-state index in [1.807, 2.05) is 6.07 Å². The van der Waals surface area contributed by atoms with Crippen molar-refractivity contribution in [1.29, 1.82) is 0 Å². The first-order valence-corrected chi connectivity index (χ1v) is 9.76. The summed E-state index contributed by atoms with van der Waals surface area (Å²) < 4.78 is 0. The van der Waals surface area contributed by atoms with E-state index in [4.69, 9.17) is 4.98 Å². The summed E-state index contributed by atoms with van der Waals surface area (Å²) in [5, 5.41) is 1.07. The molecule has 0 saturated heterocycles. The van der Waals surface area contributed by atoms with E-state index in [9.17, 15) is 0 Å². The summed E-state index contributed by atoms with van der Waals surface area (Å²) in [6.07, 6.45) is 0. The lowest BCUT2D eigenvalue weighted by Gasteiger charge is -2.05. The molecular formula is C24H21NS. The van der Waals surface area contributed by atoms with Gasteiger partial charge in [-0.2, -0.15) is 0 Å². The molecule has 1 aromatic heterocycles. The molecule has 0 fully saturated rings. The monoisotopic (exact) mass is 355 g/mol. The number of benzene rings is 3. The minimum Gasteiger partial charge on any atom is -0.235 e. The number of thiazole rings is 1. The molecule has 4 aromatic rings. The summed E-state index contributed by atoms with van der Waals surface area (Å²) in [5.74, 6) is 0.542. The quantitative estimate of drug-likeness (QED) is 0.375. The van der Waals surface area contributed by atoms with Gasteiger partial charge in [0, 0.05) is 11.1 Å². The Morgan fingerprint density at radius 2 is 1.23 bits per heavy atom. The highest BCUT2D eigenvalue weighted by Crippen LogP contribution is 2.40. The maximum Gasteiger partial charge on any atom is 0.124 e. The topological polar surface area (TPSA) is 12.9 Å². The second kappa shape index (κ2) is 7.27. The van der Waals surface area contributed by atoms with Crippen LogP contribution in [0.4, 0.5) is 0 Å². The van der Waals surface area contributed by atoms with Crippen LogP contribution in [-0.4, -0.2) is 4.98 Å². The molecule has 0 aliphatic rings. The number of hydrogen-bond donors (Lipinski definition) is 0. The molecule has 2 heteroatoms. The largest absolute Gasteiger partial charge is 0.235 e. The second-order valence-corrected chi connectivity index (χ2v) is 7.70. The van der Waals surface area contributed by atoms with Gasteiger partial charge in [-0.3, -0.25) is 0 Å². The van der Waals surface area contributed by atoms with Crippen molar-refractivity contribution in [2.75, 3.05) is 0 Å². The van der Waals surface area contributed by atoms with Crippen LogP contribution in [0.25, 0.3) is 32.3 Å². The predicted molar refractivity (Wildman–Crippen MR) is 113 cm³/mol. The lowest BCUT2D eigenvalue weighted by Crippen LogP contribution is -1.86. The standard InChI is InChI=1S/C24H21NS/c1-17(2)18-13-15-21(16-14-18)24-25-22(19-9-5-3-6-10-19)23(26-24)20-11-7-4-8-12-20/h3-17H,1-2H3. The van der Waals surface area contributed by atoms with Crippen LogP contribution in [-0.2, 0) is 0 Å². The van der Waals surface area contributed by atoms with Gasteiger partial charge in [0.25, 0.3) is 0 Å². The highest BCUT2D eigenvalue weighted by atomic mass is 32.1. The van der Waals surface area contributed by atoms with Crippen molar-refractivity contribution in [2.24, 2.45) is 0 Å². The molecule has 0 radical (unpaired) electrons. The van der Waals surface area contributed by atoms with Gasteiger partial charge in [-0.25, -0.2) is 4.98 Å². The molecule has 3 aromatic carbocycles. The van der Waals surface area contributed by atoms with Gasteiger partial charge in [-0.05, 0) is 17.0 Å². The first kappa shape index (κ1) is 16.7. The minimum absolute atomic E-state index is 0.542. The van der Waals surface area contributed by atoms with Gasteiger partial charge in [-0.1, -0.05) is 98.8 Å². The summed E-state index contributed by atoms with van der Waals surface area (Å²) in [7, 11) is 0. The van der Waals surface area contributed by atoms with Gasteiger partial charge in [-0.15, -0.1) is 11.3 Å². The Labute approximate surface area is 159 Å². The predicted octanol–water partition coefficient (Wildman–Crippen LogP) is 7.27. The van der Waals surface area contributed by atoms with Gasteiger partial charge in [0.15, 0.2) is 0 Å². The number of hydrogen-bond acceptors (Lipinski definition) is 2. The van der Waals surface area contributed by atoms with Gasteiger partial charge in [0.1, 0.15) is 5.01 Å². The zero-order valence-electron chi connectivity index (χ0n) is 15.0. The summed E-state index contributed by atoms with van der Waals surface area (Å²) in [6.45, 7) is 4.44. The van der Waals surface area contributed by atoms with Crippen LogP contribution in [0.5, 0.6) is 0 Å². The van der Waals surface area contributed by atoms with E-state index >= 15 is 0 Å². The molecular weight excluding hydrogens is 334 g/mol. The van der Waals surface area contributed by atoms with Crippen molar-refractivity contribution < 1.29 is 0 Å². The van der Waals surface area contributed by atoms with Crippen LogP contribution in [0, 0.1) is 0 Å². The molecule has 128 valence electrons. The molecule has 0 spiro atoms. The van der Waals surface area contributed by atoms with Crippen molar-refractivity contribution >= 4 is 11.3 Å². The lowest BCUT2D eigenvalue weighted by atomic mass is 10.0. The zero-order valence-corrected chi connectivity index (χ0v) is 15.8. The number of nitrogens with zero attached hydrogens (tertiary/aromatic N) is 1. The van der Waals surface area contributed by atoms with Crippen LogP contribution in [0.15, 0.2) is 84.9 Å². The van der Waals surface area contributed by atoms with E-state index in [-0.39, 0.29) is 0 Å². The third-order valence-corrected chi connectivity index (χ3v) is 5.69. The maximum absolute atomic E-state index is 5.02. The third kappa shape index (κ3) is 3.33. The Balaban J connectivity index is 1.83. The lowest BCUT2D eigenvalue weighted by molar-refractivity contribution is 0.867. The normalized spacial score (nSPS) is 11.0. The fourth-order valence-electron chi connectivity index (χ4n) is 3.03. The molecule has 0 N–H and O–H groups in total. The molecule has 0 amide bonds. The summed E-state index contributed by atoms with van der Waals surface area (Å²) in [5.41, 5.74) is 5.97. The molecule has 0 unspecified atom stereocenters. The van der Waals surface area contributed by atoms with Gasteiger partial charge in [0.05, 0.1) is 10.6 Å². The van der Waals surface area contributed by atoms with Crippen molar-refractivity contribution in [3.05, 3.63) is 90.5 Å². The van der Waals surface area contributed by atoms with Crippen molar-refractivity contribution in [3.8, 4) is 32.3 Å². The Hall–Kier alpha value is -2.71. The fourth-order valence-corrected chi connectivity index (χ4v) is 4.13. The van der Waals surface area contributed by atoms with Crippen molar-refractivity contribution in [3.63, 3.8) is 0 Å². The molecule has 1 heterocycles. The van der Waals surface area contributed by atoms with Gasteiger partial charge in [0.2, 0.25) is 0 Å². The maximum atomic E-state index is 5.02. The first-order valence-electron chi connectivity index (χ1n) is 8.94. The SMILES string of the molecule is CC(C)c1ccc(-c2nc(-c3ccccc3)c(-c3ccccc3)s2)cc1. The van der Waals surface area contributed by atoms with Gasteiger partial charge >= 0.3 is 0 Å². The average Bonchev–Trinajstić information content (AvgIpc) is 3.15. The number of rotatable bonds is 4. The van der Waals surface area contributed by atoms with Crippen molar-refractivity contribution in [2.45, 2.75) is 19.8 Å². The van der Waals surface area contributed by atoms with E-state index in [0.29, 0.717) is 5.92 Å². The highest BCUT2D eigenvalue weighted by molar-refractivity contribution is 7.19. The first-order chi connectivity index (χ1) is 12.7. The van der Waals surface area contributed by atoms with Crippen molar-refractivity contribution in [1.82, 2.24) is 4.98 Å². The Morgan fingerprint density at radius 3 is 1.81 bits per heavy atom. The van der Waals surface area contributed by atoms with Crippen LogP contribution >= 0.6 is 11.3 Å². The van der Waals surface area contributed by atoms with Gasteiger partial charge < -0.3 is 0 Å². The van der Waals surface area contributed by atoms with Crippen LogP contribution in [0.3, 0.4) is 0 Å². The Morgan fingerprint density at radius 1 is 0.654 bits per heavy atom. The summed E-state index contributed by atoms with van der Waals surface area (Å²) >= 11 is 1.76. The highest BCUT2D eigenvalue weighted by Gasteiger charge is 2.16. The summed E-state index contributed by atoms with van der Waals surface area (Å²) in [4.78, 5) is 6.24. The molecule has 4 rings (SSSR count). The second-order valence-electron chi connectivity index (χ2n) is 6.71. The summed E-state index contributed by atoms with van der Waals surface area (Å²) in [6, 6.07) is 29.8. The molecule has 0 saturated carbocycles. The minimum atomic E-state index is 0.542. The van der Waals surface area contributed by atoms with Crippen LogP contribution in [0.2, 0.25) is 0 Å². The number of aromatic nitrogens is 1. The Bertz CT molecular complexity index is 927. The van der Waals surface area contributed by atoms with E-state index in [1.54, 1.807) is 11.3 Å². The van der Waals surface area contributed by atoms with E-state index in [2.05, 4.69) is 92.7 Å².